The summed E-state index contributed by atoms with van der Waals surface area (Å²) in [4.78, 5) is 16.1. The molecule has 1 N–H and O–H groups in total. The molecule has 0 radical (unpaired) electrons. The van der Waals surface area contributed by atoms with E-state index in [4.69, 9.17) is 27.9 Å². The molecule has 0 spiro atoms. The van der Waals surface area contributed by atoms with E-state index in [-0.39, 0.29) is 15.9 Å². The maximum atomic E-state index is 12.2. The summed E-state index contributed by atoms with van der Waals surface area (Å²) in [5.74, 6) is 0.114. The second kappa shape index (κ2) is 6.11. The maximum absolute atomic E-state index is 12.2. The van der Waals surface area contributed by atoms with E-state index in [1.165, 1.54) is 19.2 Å². The molecular weight excluding hydrogens is 299 g/mol. The van der Waals surface area contributed by atoms with E-state index >= 15 is 0 Å². The van der Waals surface area contributed by atoms with Gasteiger partial charge in [0.15, 0.2) is 0 Å². The minimum absolute atomic E-state index is 0.0720. The van der Waals surface area contributed by atoms with Gasteiger partial charge in [-0.1, -0.05) is 29.3 Å². The Hall–Kier alpha value is -1.78. The van der Waals surface area contributed by atoms with E-state index < -0.39 is 5.91 Å². The fourth-order valence-corrected chi connectivity index (χ4v) is 2.02. The van der Waals surface area contributed by atoms with Gasteiger partial charge in [-0.15, -0.1) is 0 Å². The average Bonchev–Trinajstić information content (AvgIpc) is 2.41. The number of carbonyl (C=O) groups excluding carboxylic acids is 1. The number of amides is 1. The summed E-state index contributed by atoms with van der Waals surface area (Å²) >= 11 is 11.7. The lowest BCUT2D eigenvalue weighted by Crippen LogP contribution is -2.15. The van der Waals surface area contributed by atoms with Crippen molar-refractivity contribution in [2.24, 2.45) is 0 Å². The number of halogens is 2. The van der Waals surface area contributed by atoms with Crippen molar-refractivity contribution in [3.63, 3.8) is 0 Å². The SMILES string of the molecule is COc1ccc(C)cc1NC(=O)c1nc(Cl)ccc1Cl. The number of carbonyl (C=O) groups is 1. The van der Waals surface area contributed by atoms with Gasteiger partial charge >= 0.3 is 0 Å². The van der Waals surface area contributed by atoms with Crippen LogP contribution in [0, 0.1) is 6.92 Å². The number of hydrogen-bond acceptors (Lipinski definition) is 3. The predicted molar refractivity (Wildman–Crippen MR) is 79.9 cm³/mol. The Morgan fingerprint density at radius 1 is 1.25 bits per heavy atom. The van der Waals surface area contributed by atoms with Crippen molar-refractivity contribution in [3.05, 3.63) is 51.8 Å². The van der Waals surface area contributed by atoms with Crippen molar-refractivity contribution in [1.29, 1.82) is 0 Å². The van der Waals surface area contributed by atoms with Gasteiger partial charge in [-0.3, -0.25) is 4.79 Å². The number of benzene rings is 1. The predicted octanol–water partition coefficient (Wildman–Crippen LogP) is 3.96. The Bertz CT molecular complexity index is 660. The van der Waals surface area contributed by atoms with Crippen molar-refractivity contribution < 1.29 is 9.53 Å². The molecule has 0 aliphatic carbocycles. The topological polar surface area (TPSA) is 51.2 Å². The van der Waals surface area contributed by atoms with Crippen LogP contribution in [0.15, 0.2) is 30.3 Å². The molecule has 0 saturated heterocycles. The molecule has 4 nitrogen and oxygen atoms in total. The first-order chi connectivity index (χ1) is 9.51. The van der Waals surface area contributed by atoms with Crippen LogP contribution in [-0.4, -0.2) is 18.0 Å². The van der Waals surface area contributed by atoms with Crippen molar-refractivity contribution in [1.82, 2.24) is 4.98 Å². The van der Waals surface area contributed by atoms with Gasteiger partial charge in [0.05, 0.1) is 17.8 Å². The van der Waals surface area contributed by atoms with Crippen LogP contribution in [0.5, 0.6) is 5.75 Å². The van der Waals surface area contributed by atoms with Gasteiger partial charge in [-0.2, -0.15) is 0 Å². The van der Waals surface area contributed by atoms with Crippen LogP contribution in [0.1, 0.15) is 16.1 Å². The molecule has 0 saturated carbocycles. The monoisotopic (exact) mass is 310 g/mol. The van der Waals surface area contributed by atoms with Gasteiger partial charge in [0.2, 0.25) is 0 Å². The normalized spacial score (nSPS) is 10.2. The zero-order chi connectivity index (χ0) is 14.7. The number of nitrogens with one attached hydrogen (secondary N) is 1. The zero-order valence-corrected chi connectivity index (χ0v) is 12.4. The van der Waals surface area contributed by atoms with E-state index in [9.17, 15) is 4.79 Å². The van der Waals surface area contributed by atoms with E-state index in [1.807, 2.05) is 13.0 Å². The number of aryl methyl sites for hydroxylation is 1. The number of nitrogens with zero attached hydrogens (tertiary/aromatic N) is 1. The second-order valence-corrected chi connectivity index (χ2v) is 4.92. The third kappa shape index (κ3) is 3.21. The lowest BCUT2D eigenvalue weighted by atomic mass is 10.2. The third-order valence-electron chi connectivity index (χ3n) is 2.63. The molecule has 1 aromatic heterocycles. The van der Waals surface area contributed by atoms with Crippen molar-refractivity contribution in [2.45, 2.75) is 6.92 Å². The van der Waals surface area contributed by atoms with E-state index in [0.717, 1.165) is 5.56 Å². The Morgan fingerprint density at radius 3 is 2.70 bits per heavy atom. The maximum Gasteiger partial charge on any atom is 0.275 e. The molecule has 1 aromatic carbocycles. The van der Waals surface area contributed by atoms with Crippen LogP contribution in [0.3, 0.4) is 0 Å². The molecule has 2 rings (SSSR count). The molecule has 20 heavy (non-hydrogen) atoms. The molecular formula is C14H12Cl2N2O2. The first-order valence-electron chi connectivity index (χ1n) is 5.79. The van der Waals surface area contributed by atoms with Gasteiger partial charge < -0.3 is 10.1 Å². The number of pyridine rings is 1. The molecule has 0 bridgehead atoms. The molecule has 2 aromatic rings. The molecule has 104 valence electrons. The van der Waals surface area contributed by atoms with Crippen molar-refractivity contribution in [3.8, 4) is 5.75 Å². The number of aromatic nitrogens is 1. The van der Waals surface area contributed by atoms with Crippen LogP contribution in [-0.2, 0) is 0 Å². The molecule has 0 atom stereocenters. The highest BCUT2D eigenvalue weighted by molar-refractivity contribution is 6.35. The molecule has 0 aliphatic rings. The fourth-order valence-electron chi connectivity index (χ4n) is 1.68. The van der Waals surface area contributed by atoms with Crippen LogP contribution in [0.25, 0.3) is 0 Å². The van der Waals surface area contributed by atoms with Gasteiger partial charge in [-0.05, 0) is 36.8 Å². The number of methoxy groups -OCH3 is 1. The van der Waals surface area contributed by atoms with Crippen molar-refractivity contribution >= 4 is 34.8 Å². The third-order valence-corrected chi connectivity index (χ3v) is 3.15. The lowest BCUT2D eigenvalue weighted by molar-refractivity contribution is 0.102. The van der Waals surface area contributed by atoms with Crippen molar-refractivity contribution in [2.75, 3.05) is 12.4 Å². The Balaban J connectivity index is 2.32. The standard InChI is InChI=1S/C14H12Cl2N2O2/c1-8-3-5-11(20-2)10(7-8)17-14(19)13-9(15)4-6-12(16)18-13/h3-7H,1-2H3,(H,17,19). The fraction of sp³-hybridized carbons (Fsp3) is 0.143. The van der Waals surface area contributed by atoms with Crippen LogP contribution in [0.2, 0.25) is 10.2 Å². The lowest BCUT2D eigenvalue weighted by Gasteiger charge is -2.11. The van der Waals surface area contributed by atoms with E-state index in [2.05, 4.69) is 10.3 Å². The quantitative estimate of drug-likeness (QED) is 0.873. The average molecular weight is 311 g/mol. The molecule has 0 fully saturated rings. The number of ether oxygens (including phenoxy) is 1. The summed E-state index contributed by atoms with van der Waals surface area (Å²) in [7, 11) is 1.53. The summed E-state index contributed by atoms with van der Waals surface area (Å²) in [5.41, 5.74) is 1.62. The van der Waals surface area contributed by atoms with Crippen LogP contribution < -0.4 is 10.1 Å². The number of anilines is 1. The van der Waals surface area contributed by atoms with E-state index in [1.54, 1.807) is 12.1 Å². The minimum Gasteiger partial charge on any atom is -0.495 e. The number of hydrogen-bond donors (Lipinski definition) is 1. The van der Waals surface area contributed by atoms with Gasteiger partial charge in [0.1, 0.15) is 16.6 Å². The minimum atomic E-state index is -0.443. The summed E-state index contributed by atoms with van der Waals surface area (Å²) in [6.45, 7) is 1.92. The summed E-state index contributed by atoms with van der Waals surface area (Å²) in [5, 5.41) is 3.16. The molecule has 0 unspecified atom stereocenters. The highest BCUT2D eigenvalue weighted by atomic mass is 35.5. The second-order valence-electron chi connectivity index (χ2n) is 4.12. The Kier molecular flexibility index (Phi) is 4.47. The zero-order valence-electron chi connectivity index (χ0n) is 10.9. The van der Waals surface area contributed by atoms with Gasteiger partial charge in [-0.25, -0.2) is 4.98 Å². The van der Waals surface area contributed by atoms with Crippen LogP contribution in [0.4, 0.5) is 5.69 Å². The molecule has 1 amide bonds. The Labute approximate surface area is 126 Å². The highest BCUT2D eigenvalue weighted by Crippen LogP contribution is 2.26. The first-order valence-corrected chi connectivity index (χ1v) is 6.55. The Morgan fingerprint density at radius 2 is 2.00 bits per heavy atom. The largest absolute Gasteiger partial charge is 0.495 e. The summed E-state index contributed by atoms with van der Waals surface area (Å²) in [6.07, 6.45) is 0. The summed E-state index contributed by atoms with van der Waals surface area (Å²) < 4.78 is 5.20. The smallest absolute Gasteiger partial charge is 0.275 e. The summed E-state index contributed by atoms with van der Waals surface area (Å²) in [6, 6.07) is 8.51. The molecule has 6 heteroatoms. The first kappa shape index (κ1) is 14.6. The van der Waals surface area contributed by atoms with E-state index in [0.29, 0.717) is 11.4 Å². The molecule has 0 aliphatic heterocycles. The van der Waals surface area contributed by atoms with Gasteiger partial charge in [0, 0.05) is 0 Å². The molecule has 1 heterocycles. The van der Waals surface area contributed by atoms with Gasteiger partial charge in [0.25, 0.3) is 5.91 Å². The van der Waals surface area contributed by atoms with Crippen LogP contribution >= 0.6 is 23.2 Å². The number of rotatable bonds is 3. The highest BCUT2D eigenvalue weighted by Gasteiger charge is 2.15.